The molecule has 0 fully saturated rings. The first-order chi connectivity index (χ1) is 14.9. The zero-order valence-electron chi connectivity index (χ0n) is 16.9. The predicted octanol–water partition coefficient (Wildman–Crippen LogP) is 5.80. The van der Waals surface area contributed by atoms with Gasteiger partial charge in [0, 0.05) is 14.5 Å². The third kappa shape index (κ3) is 4.36. The van der Waals surface area contributed by atoms with Crippen molar-refractivity contribution in [2.45, 2.75) is 19.4 Å². The topological polar surface area (TPSA) is 66.2 Å². The van der Waals surface area contributed by atoms with Crippen LogP contribution in [0.2, 0.25) is 0 Å². The molecule has 158 valence electrons. The second-order valence-corrected chi connectivity index (χ2v) is 8.78. The summed E-state index contributed by atoms with van der Waals surface area (Å²) in [5.41, 5.74) is 1.41. The van der Waals surface area contributed by atoms with Crippen LogP contribution >= 0.6 is 31.9 Å². The number of hydrogen-bond donors (Lipinski definition) is 0. The number of carbonyl (C=O) groups excluding carboxylic acids is 1. The Balaban J connectivity index is 1.82. The van der Waals surface area contributed by atoms with Crippen molar-refractivity contribution < 1.29 is 14.3 Å². The number of hydrogen-bond acceptors (Lipinski definition) is 5. The maximum Gasteiger partial charge on any atom is 0.354 e. The molecule has 3 aromatic carbocycles. The average molecular weight is 545 g/mol. The van der Waals surface area contributed by atoms with Gasteiger partial charge < -0.3 is 9.47 Å². The molecular weight excluding hydrogens is 526 g/mol. The van der Waals surface area contributed by atoms with Crippen LogP contribution in [0.25, 0.3) is 16.7 Å². The summed E-state index contributed by atoms with van der Waals surface area (Å²) in [5.74, 6) is -0.0354. The van der Waals surface area contributed by atoms with Crippen molar-refractivity contribution in [2.75, 3.05) is 6.61 Å². The van der Waals surface area contributed by atoms with Gasteiger partial charge in [-0.25, -0.2) is 4.79 Å². The smallest absolute Gasteiger partial charge is 0.354 e. The van der Waals surface area contributed by atoms with E-state index in [1.165, 1.54) is 4.80 Å². The van der Waals surface area contributed by atoms with Gasteiger partial charge in [0.2, 0.25) is 5.60 Å². The molecule has 4 aromatic rings. The summed E-state index contributed by atoms with van der Waals surface area (Å²) in [6.07, 6.45) is 0. The van der Waals surface area contributed by atoms with Gasteiger partial charge >= 0.3 is 5.97 Å². The van der Waals surface area contributed by atoms with Crippen LogP contribution in [-0.2, 0) is 15.1 Å². The highest BCUT2D eigenvalue weighted by atomic mass is 79.9. The van der Waals surface area contributed by atoms with E-state index >= 15 is 0 Å². The second-order valence-electron chi connectivity index (χ2n) is 6.95. The normalized spacial score (nSPS) is 13.0. The largest absolute Gasteiger partial charge is 0.469 e. The Hall–Kier alpha value is -2.71. The molecule has 6 nitrogen and oxygen atoms in total. The van der Waals surface area contributed by atoms with E-state index in [4.69, 9.17) is 9.47 Å². The van der Waals surface area contributed by atoms with Gasteiger partial charge in [0.15, 0.2) is 0 Å². The van der Waals surface area contributed by atoms with E-state index in [2.05, 4.69) is 42.1 Å². The van der Waals surface area contributed by atoms with E-state index in [9.17, 15) is 4.79 Å². The van der Waals surface area contributed by atoms with E-state index < -0.39 is 11.6 Å². The van der Waals surface area contributed by atoms with Crippen LogP contribution in [0.1, 0.15) is 19.4 Å². The molecule has 4 rings (SSSR count). The Morgan fingerprint density at radius 2 is 1.58 bits per heavy atom. The van der Waals surface area contributed by atoms with E-state index in [0.29, 0.717) is 17.0 Å². The molecule has 0 saturated heterocycles. The summed E-state index contributed by atoms with van der Waals surface area (Å²) in [6.45, 7) is 3.71. The molecule has 1 aromatic heterocycles. The van der Waals surface area contributed by atoms with Crippen molar-refractivity contribution in [1.29, 1.82) is 0 Å². The lowest BCUT2D eigenvalue weighted by Gasteiger charge is -2.29. The molecule has 1 heterocycles. The van der Waals surface area contributed by atoms with Crippen molar-refractivity contribution in [2.24, 2.45) is 0 Å². The number of rotatable bonds is 6. The van der Waals surface area contributed by atoms with Crippen LogP contribution < -0.4 is 4.74 Å². The SMILES string of the molecule is CCOC(=O)C(C)(Oc1ccc(Br)cc1-n1nc2ccccc2n1)c1ccc(Br)cc1. The van der Waals surface area contributed by atoms with Crippen LogP contribution in [0.3, 0.4) is 0 Å². The average Bonchev–Trinajstić information content (AvgIpc) is 3.19. The number of nitrogens with zero attached hydrogens (tertiary/aromatic N) is 3. The fraction of sp³-hybridized carbons (Fsp3) is 0.174. The Kier molecular flexibility index (Phi) is 6.11. The number of benzene rings is 3. The highest BCUT2D eigenvalue weighted by Gasteiger charge is 2.40. The summed E-state index contributed by atoms with van der Waals surface area (Å²) < 4.78 is 13.5. The van der Waals surface area contributed by atoms with Gasteiger partial charge in [-0.2, -0.15) is 0 Å². The van der Waals surface area contributed by atoms with E-state index in [1.54, 1.807) is 19.9 Å². The van der Waals surface area contributed by atoms with E-state index in [1.807, 2.05) is 60.7 Å². The lowest BCUT2D eigenvalue weighted by molar-refractivity contribution is -0.161. The summed E-state index contributed by atoms with van der Waals surface area (Å²) >= 11 is 6.93. The highest BCUT2D eigenvalue weighted by Crippen LogP contribution is 2.35. The molecule has 0 aliphatic rings. The third-order valence-electron chi connectivity index (χ3n) is 4.80. The zero-order valence-corrected chi connectivity index (χ0v) is 20.1. The van der Waals surface area contributed by atoms with Gasteiger partial charge in [0.25, 0.3) is 0 Å². The molecule has 0 aliphatic heterocycles. The lowest BCUT2D eigenvalue weighted by atomic mass is 9.95. The first kappa shape index (κ1) is 21.5. The van der Waals surface area contributed by atoms with Gasteiger partial charge in [-0.15, -0.1) is 15.0 Å². The zero-order chi connectivity index (χ0) is 22.0. The van der Waals surface area contributed by atoms with Crippen molar-refractivity contribution in [3.8, 4) is 11.4 Å². The lowest BCUT2D eigenvalue weighted by Crippen LogP contribution is -2.40. The quantitative estimate of drug-likeness (QED) is 0.287. The molecule has 1 unspecified atom stereocenters. The number of fused-ring (bicyclic) bond motifs is 1. The molecular formula is C23H19Br2N3O3. The number of esters is 1. The Morgan fingerprint density at radius 3 is 2.19 bits per heavy atom. The molecule has 0 saturated carbocycles. The van der Waals surface area contributed by atoms with Gasteiger partial charge in [0.05, 0.1) is 6.61 Å². The fourth-order valence-corrected chi connectivity index (χ4v) is 3.79. The molecule has 31 heavy (non-hydrogen) atoms. The molecule has 8 heteroatoms. The van der Waals surface area contributed by atoms with Crippen molar-refractivity contribution in [1.82, 2.24) is 15.0 Å². The van der Waals surface area contributed by atoms with Gasteiger partial charge in [-0.3, -0.25) is 0 Å². The second kappa shape index (κ2) is 8.80. The monoisotopic (exact) mass is 543 g/mol. The molecule has 0 amide bonds. The summed E-state index contributed by atoms with van der Waals surface area (Å²) in [4.78, 5) is 14.5. The van der Waals surface area contributed by atoms with Crippen LogP contribution in [-0.4, -0.2) is 27.6 Å². The molecule has 0 radical (unpaired) electrons. The number of carbonyl (C=O) groups is 1. The Bertz CT molecular complexity index is 1210. The summed E-state index contributed by atoms with van der Waals surface area (Å²) in [7, 11) is 0. The van der Waals surface area contributed by atoms with E-state index in [-0.39, 0.29) is 6.61 Å². The van der Waals surface area contributed by atoms with Crippen molar-refractivity contribution in [3.05, 3.63) is 81.2 Å². The number of aromatic nitrogens is 3. The first-order valence-corrected chi connectivity index (χ1v) is 11.2. The predicted molar refractivity (Wildman–Crippen MR) is 125 cm³/mol. The molecule has 0 N–H and O–H groups in total. The number of ether oxygens (including phenoxy) is 2. The first-order valence-electron chi connectivity index (χ1n) is 9.65. The minimum Gasteiger partial charge on any atom is -0.469 e. The van der Waals surface area contributed by atoms with Gasteiger partial charge in [0.1, 0.15) is 22.5 Å². The minimum atomic E-state index is -1.37. The van der Waals surface area contributed by atoms with Crippen LogP contribution in [0.4, 0.5) is 0 Å². The number of halogens is 2. The molecule has 0 aliphatic carbocycles. The van der Waals surface area contributed by atoms with Crippen LogP contribution in [0.5, 0.6) is 5.75 Å². The Morgan fingerprint density at radius 1 is 0.968 bits per heavy atom. The maximum absolute atomic E-state index is 13.0. The molecule has 0 spiro atoms. The van der Waals surface area contributed by atoms with Crippen molar-refractivity contribution in [3.63, 3.8) is 0 Å². The third-order valence-corrected chi connectivity index (χ3v) is 5.82. The fourth-order valence-electron chi connectivity index (χ4n) is 3.18. The standard InChI is InChI=1S/C23H19Br2N3O3/c1-3-30-22(29)23(2,15-8-10-16(24)11-9-15)31-21-13-12-17(25)14-20(21)28-26-18-6-4-5-7-19(18)27-28/h4-14H,3H2,1-2H3. The van der Waals surface area contributed by atoms with Gasteiger partial charge in [-0.1, -0.05) is 56.1 Å². The summed E-state index contributed by atoms with van der Waals surface area (Å²) in [5, 5.41) is 9.13. The summed E-state index contributed by atoms with van der Waals surface area (Å²) in [6, 6.07) is 20.5. The minimum absolute atomic E-state index is 0.244. The Labute approximate surface area is 196 Å². The molecule has 0 bridgehead atoms. The molecule has 1 atom stereocenters. The van der Waals surface area contributed by atoms with Crippen LogP contribution in [0.15, 0.2) is 75.7 Å². The maximum atomic E-state index is 13.0. The van der Waals surface area contributed by atoms with E-state index in [0.717, 1.165) is 20.0 Å². The van der Waals surface area contributed by atoms with Crippen LogP contribution in [0, 0.1) is 0 Å². The van der Waals surface area contributed by atoms with Crippen molar-refractivity contribution >= 4 is 48.9 Å². The highest BCUT2D eigenvalue weighted by molar-refractivity contribution is 9.10. The van der Waals surface area contributed by atoms with Gasteiger partial charge in [-0.05, 0) is 56.3 Å².